The normalized spacial score (nSPS) is 18.2. The third-order valence-electron chi connectivity index (χ3n) is 7.08. The number of carbonyl (C=O) groups excluding carboxylic acids is 2. The molecule has 2 aliphatic heterocycles. The lowest BCUT2D eigenvalue weighted by atomic mass is 9.68. The Hall–Kier alpha value is -4.33. The van der Waals surface area contributed by atoms with Crippen LogP contribution >= 0.6 is 0 Å². The number of nitrogens with zero attached hydrogens (tertiary/aromatic N) is 2. The number of nitrogens with two attached hydrogens (primary N) is 1. The molecule has 2 N–H and O–H groups in total. The van der Waals surface area contributed by atoms with Crippen molar-refractivity contribution in [1.82, 2.24) is 4.57 Å². The molecule has 5 rings (SSSR count). The van der Waals surface area contributed by atoms with Gasteiger partial charge in [0.1, 0.15) is 16.7 Å². The Kier molecular flexibility index (Phi) is 5.47. The van der Waals surface area contributed by atoms with Crippen molar-refractivity contribution in [2.75, 3.05) is 11.5 Å². The van der Waals surface area contributed by atoms with Crippen molar-refractivity contribution in [2.45, 2.75) is 32.7 Å². The fraction of sp³-hybridized carbons (Fsp3) is 0.250. The van der Waals surface area contributed by atoms with E-state index in [4.69, 9.17) is 15.2 Å². The number of para-hydroxylation sites is 1. The van der Waals surface area contributed by atoms with Gasteiger partial charge in [0.25, 0.3) is 5.56 Å². The lowest BCUT2D eigenvalue weighted by Gasteiger charge is -2.36. The van der Waals surface area contributed by atoms with Crippen LogP contribution in [-0.2, 0) is 33.3 Å². The van der Waals surface area contributed by atoms with Crippen LogP contribution in [0.1, 0.15) is 34.9 Å². The summed E-state index contributed by atoms with van der Waals surface area (Å²) in [6.07, 6.45) is 0. The van der Waals surface area contributed by atoms with E-state index in [1.54, 1.807) is 44.0 Å². The molecule has 8 heteroatoms. The van der Waals surface area contributed by atoms with E-state index in [9.17, 15) is 14.4 Å². The molecule has 1 unspecified atom stereocenters. The molecule has 184 valence electrons. The Morgan fingerprint density at radius 2 is 1.78 bits per heavy atom. The summed E-state index contributed by atoms with van der Waals surface area (Å²) in [5.74, 6) is -1.36. The van der Waals surface area contributed by atoms with Crippen LogP contribution in [0.2, 0.25) is 0 Å². The molecule has 1 spiro atoms. The molecule has 3 aromatic rings. The number of hydrogen-bond donors (Lipinski definition) is 1. The molecule has 36 heavy (non-hydrogen) atoms. The first kappa shape index (κ1) is 23.4. The summed E-state index contributed by atoms with van der Waals surface area (Å²) in [7, 11) is 1.62. The number of aromatic nitrogens is 1. The van der Waals surface area contributed by atoms with E-state index in [0.29, 0.717) is 16.9 Å². The van der Waals surface area contributed by atoms with Crippen molar-refractivity contribution in [3.63, 3.8) is 0 Å². The van der Waals surface area contributed by atoms with Gasteiger partial charge in [0.15, 0.2) is 0 Å². The van der Waals surface area contributed by atoms with Crippen molar-refractivity contribution in [3.05, 3.63) is 104 Å². The van der Waals surface area contributed by atoms with Gasteiger partial charge in [0.2, 0.25) is 11.8 Å². The zero-order valence-electron chi connectivity index (χ0n) is 20.6. The summed E-state index contributed by atoms with van der Waals surface area (Å²) in [5.41, 5.74) is 7.61. The predicted molar refractivity (Wildman–Crippen MR) is 134 cm³/mol. The number of esters is 1. The van der Waals surface area contributed by atoms with Gasteiger partial charge in [-0.15, -0.1) is 0 Å². The third kappa shape index (κ3) is 3.10. The summed E-state index contributed by atoms with van der Waals surface area (Å²) >= 11 is 0. The van der Waals surface area contributed by atoms with E-state index >= 15 is 0 Å². The lowest BCUT2D eigenvalue weighted by Crippen LogP contribution is -2.51. The zero-order valence-corrected chi connectivity index (χ0v) is 20.6. The van der Waals surface area contributed by atoms with Gasteiger partial charge in [0.05, 0.1) is 18.7 Å². The summed E-state index contributed by atoms with van der Waals surface area (Å²) in [6.45, 7) is 5.71. The second-order valence-corrected chi connectivity index (χ2v) is 9.04. The molecule has 3 heterocycles. The van der Waals surface area contributed by atoms with E-state index in [2.05, 4.69) is 0 Å². The number of aryl methyl sites for hydroxylation is 2. The van der Waals surface area contributed by atoms with Crippen molar-refractivity contribution in [1.29, 1.82) is 0 Å². The van der Waals surface area contributed by atoms with Gasteiger partial charge in [-0.1, -0.05) is 42.5 Å². The Morgan fingerprint density at radius 3 is 2.50 bits per heavy atom. The molecule has 8 nitrogen and oxygen atoms in total. The van der Waals surface area contributed by atoms with E-state index in [1.807, 2.05) is 43.3 Å². The van der Waals surface area contributed by atoms with Crippen molar-refractivity contribution >= 4 is 17.6 Å². The number of ether oxygens (including phenoxy) is 2. The molecule has 0 aliphatic carbocycles. The predicted octanol–water partition coefficient (Wildman–Crippen LogP) is 2.96. The first-order chi connectivity index (χ1) is 17.2. The van der Waals surface area contributed by atoms with Crippen molar-refractivity contribution in [2.24, 2.45) is 12.8 Å². The van der Waals surface area contributed by atoms with Gasteiger partial charge in [-0.25, -0.2) is 4.79 Å². The maximum Gasteiger partial charge on any atom is 0.341 e. The van der Waals surface area contributed by atoms with E-state index in [0.717, 1.165) is 11.1 Å². The quantitative estimate of drug-likeness (QED) is 0.570. The summed E-state index contributed by atoms with van der Waals surface area (Å²) in [4.78, 5) is 43.5. The van der Waals surface area contributed by atoms with Gasteiger partial charge in [0, 0.05) is 30.1 Å². The van der Waals surface area contributed by atoms with Crippen molar-refractivity contribution < 1.29 is 19.1 Å². The van der Waals surface area contributed by atoms with Gasteiger partial charge in [-0.2, -0.15) is 0 Å². The summed E-state index contributed by atoms with van der Waals surface area (Å²) in [5, 5.41) is 0. The molecule has 1 amide bonds. The minimum absolute atomic E-state index is 0.0533. The van der Waals surface area contributed by atoms with E-state index < -0.39 is 22.9 Å². The Balaban J connectivity index is 1.86. The molecule has 0 saturated carbocycles. The fourth-order valence-corrected chi connectivity index (χ4v) is 5.21. The number of benzene rings is 2. The highest BCUT2D eigenvalue weighted by molar-refractivity contribution is 6.18. The monoisotopic (exact) mass is 485 g/mol. The molecule has 2 aliphatic rings. The van der Waals surface area contributed by atoms with Gasteiger partial charge >= 0.3 is 5.97 Å². The van der Waals surface area contributed by atoms with Crippen LogP contribution in [0.15, 0.2) is 70.8 Å². The maximum atomic E-state index is 14.7. The van der Waals surface area contributed by atoms with Crippen LogP contribution in [0.3, 0.4) is 0 Å². The summed E-state index contributed by atoms with van der Waals surface area (Å²) in [6, 6.07) is 16.6. The van der Waals surface area contributed by atoms with Gasteiger partial charge in [-0.05, 0) is 38.0 Å². The van der Waals surface area contributed by atoms with Crippen molar-refractivity contribution in [3.8, 4) is 5.75 Å². The number of carbonyl (C=O) groups is 2. The minimum Gasteiger partial charge on any atom is -0.462 e. The number of hydrogen-bond acceptors (Lipinski definition) is 6. The molecule has 0 bridgehead atoms. The van der Waals surface area contributed by atoms with Gasteiger partial charge < -0.3 is 24.7 Å². The molecule has 2 aromatic carbocycles. The third-order valence-corrected chi connectivity index (χ3v) is 7.08. The average Bonchev–Trinajstić information content (AvgIpc) is 3.07. The highest BCUT2D eigenvalue weighted by Crippen LogP contribution is 2.54. The smallest absolute Gasteiger partial charge is 0.341 e. The molecule has 0 saturated heterocycles. The molecule has 0 fully saturated rings. The van der Waals surface area contributed by atoms with Crippen LogP contribution in [-0.4, -0.2) is 23.1 Å². The standard InChI is InChI=1S/C28H27N3O5/c1-5-35-26(33)23-24(29)36-21-14-17(3)30(4)25(32)22(21)28(23)19-12-8-9-13-20(19)31(27(28)34)15-18-11-7-6-10-16(18)2/h6-14H,5,15,29H2,1-4H3. The minimum atomic E-state index is -1.81. The van der Waals surface area contributed by atoms with Crippen LogP contribution in [0.5, 0.6) is 5.75 Å². The largest absolute Gasteiger partial charge is 0.462 e. The first-order valence-corrected chi connectivity index (χ1v) is 11.8. The number of rotatable bonds is 4. The Morgan fingerprint density at radius 1 is 1.08 bits per heavy atom. The van der Waals surface area contributed by atoms with E-state index in [1.165, 1.54) is 4.57 Å². The fourth-order valence-electron chi connectivity index (χ4n) is 5.21. The number of amides is 1. The Bertz CT molecular complexity index is 1520. The summed E-state index contributed by atoms with van der Waals surface area (Å²) < 4.78 is 12.6. The second kappa shape index (κ2) is 8.41. The topological polar surface area (TPSA) is 104 Å². The van der Waals surface area contributed by atoms with Crippen LogP contribution in [0.4, 0.5) is 5.69 Å². The number of pyridine rings is 1. The molecule has 1 aromatic heterocycles. The zero-order chi connectivity index (χ0) is 25.8. The highest BCUT2D eigenvalue weighted by Gasteiger charge is 2.62. The maximum absolute atomic E-state index is 14.7. The number of anilines is 1. The first-order valence-electron chi connectivity index (χ1n) is 11.8. The van der Waals surface area contributed by atoms with Crippen LogP contribution in [0, 0.1) is 13.8 Å². The molecule has 0 radical (unpaired) electrons. The SMILES string of the molecule is CCOC(=O)C1=C(N)Oc2cc(C)n(C)c(=O)c2C12C(=O)N(Cc1ccccc1C)c1ccccc12. The average molecular weight is 486 g/mol. The highest BCUT2D eigenvalue weighted by atomic mass is 16.5. The van der Waals surface area contributed by atoms with Crippen LogP contribution in [0.25, 0.3) is 0 Å². The number of fused-ring (bicyclic) bond motifs is 4. The van der Waals surface area contributed by atoms with Gasteiger partial charge in [-0.3, -0.25) is 9.59 Å². The second-order valence-electron chi connectivity index (χ2n) is 9.04. The van der Waals surface area contributed by atoms with E-state index in [-0.39, 0.29) is 35.9 Å². The molecular formula is C28H27N3O5. The Labute approximate surface area is 208 Å². The lowest BCUT2D eigenvalue weighted by molar-refractivity contribution is -0.141. The van der Waals surface area contributed by atoms with Crippen LogP contribution < -0.4 is 20.9 Å². The molecule has 1 atom stereocenters. The molecular weight excluding hydrogens is 458 g/mol.